The van der Waals surface area contributed by atoms with E-state index in [-0.39, 0.29) is 11.3 Å². The van der Waals surface area contributed by atoms with Crippen LogP contribution in [0, 0.1) is 6.92 Å². The molecule has 26 heavy (non-hydrogen) atoms. The fraction of sp³-hybridized carbons (Fsp3) is 0.500. The van der Waals surface area contributed by atoms with Crippen LogP contribution in [0.3, 0.4) is 0 Å². The second kappa shape index (κ2) is 7.16. The first-order chi connectivity index (χ1) is 12.6. The highest BCUT2D eigenvalue weighted by molar-refractivity contribution is 7.11. The van der Waals surface area contributed by atoms with Crippen molar-refractivity contribution in [2.75, 3.05) is 20.1 Å². The quantitative estimate of drug-likeness (QED) is 0.877. The van der Waals surface area contributed by atoms with Crippen LogP contribution in [0.2, 0.25) is 0 Å². The molecule has 0 radical (unpaired) electrons. The number of piperidine rings is 1. The van der Waals surface area contributed by atoms with Crippen LogP contribution in [-0.2, 0) is 16.8 Å². The standard InChI is InChI=1S/C22H28N2OS/c1-16-7-8-18(26-16)15-24-11-9-22(10-12-24)14-17(13-21(25)23-2)19-5-3-4-6-20(19)22/h3-8,17H,9-15H2,1-2H3,(H,23,25). The highest BCUT2D eigenvalue weighted by Gasteiger charge is 2.45. The fourth-order valence-electron chi connectivity index (χ4n) is 4.94. The zero-order valence-electron chi connectivity index (χ0n) is 15.8. The average molecular weight is 369 g/mol. The monoisotopic (exact) mass is 368 g/mol. The van der Waals surface area contributed by atoms with Crippen LogP contribution in [0.25, 0.3) is 0 Å². The number of hydrogen-bond acceptors (Lipinski definition) is 3. The predicted molar refractivity (Wildman–Crippen MR) is 108 cm³/mol. The van der Waals surface area contributed by atoms with Gasteiger partial charge in [0, 0.05) is 29.8 Å². The number of likely N-dealkylation sites (tertiary alicyclic amines) is 1. The van der Waals surface area contributed by atoms with E-state index in [1.807, 2.05) is 11.3 Å². The molecule has 1 spiro atoms. The highest BCUT2D eigenvalue weighted by atomic mass is 32.1. The molecule has 2 heterocycles. The molecule has 4 rings (SSSR count). The van der Waals surface area contributed by atoms with Gasteiger partial charge >= 0.3 is 0 Å². The molecule has 4 heteroatoms. The Kier molecular flexibility index (Phi) is 4.89. The molecule has 1 aliphatic heterocycles. The molecule has 1 amide bonds. The Morgan fingerprint density at radius 3 is 2.69 bits per heavy atom. The van der Waals surface area contributed by atoms with Gasteiger partial charge < -0.3 is 5.32 Å². The largest absolute Gasteiger partial charge is 0.359 e. The van der Waals surface area contributed by atoms with Gasteiger partial charge in [-0.3, -0.25) is 9.69 Å². The summed E-state index contributed by atoms with van der Waals surface area (Å²) in [7, 11) is 1.74. The van der Waals surface area contributed by atoms with E-state index in [1.54, 1.807) is 7.05 Å². The van der Waals surface area contributed by atoms with E-state index in [0.717, 1.165) is 26.1 Å². The molecule has 0 bridgehead atoms. The molecule has 2 aromatic rings. The number of thiophene rings is 1. The maximum atomic E-state index is 12.0. The van der Waals surface area contributed by atoms with Gasteiger partial charge in [-0.2, -0.15) is 0 Å². The molecular weight excluding hydrogens is 340 g/mol. The van der Waals surface area contributed by atoms with Gasteiger partial charge in [0.2, 0.25) is 5.91 Å². The second-order valence-corrected chi connectivity index (χ2v) is 9.31. The Hall–Kier alpha value is -1.65. The fourth-order valence-corrected chi connectivity index (χ4v) is 5.87. The first-order valence-electron chi connectivity index (χ1n) is 9.67. The van der Waals surface area contributed by atoms with Crippen LogP contribution in [0.15, 0.2) is 36.4 Å². The molecule has 1 saturated heterocycles. The van der Waals surface area contributed by atoms with Gasteiger partial charge in [0.1, 0.15) is 0 Å². The molecule has 1 atom stereocenters. The lowest BCUT2D eigenvalue weighted by Gasteiger charge is -2.40. The van der Waals surface area contributed by atoms with Gasteiger partial charge in [-0.05, 0) is 73.9 Å². The summed E-state index contributed by atoms with van der Waals surface area (Å²) in [5.74, 6) is 0.532. The van der Waals surface area contributed by atoms with E-state index in [4.69, 9.17) is 0 Å². The van der Waals surface area contributed by atoms with Crippen LogP contribution in [0.4, 0.5) is 0 Å². The minimum Gasteiger partial charge on any atom is -0.359 e. The lowest BCUT2D eigenvalue weighted by molar-refractivity contribution is -0.121. The zero-order chi connectivity index (χ0) is 18.1. The molecule has 1 aromatic heterocycles. The third-order valence-corrected chi connectivity index (χ3v) is 7.29. The Balaban J connectivity index is 1.48. The second-order valence-electron chi connectivity index (χ2n) is 7.93. The van der Waals surface area contributed by atoms with Crippen molar-refractivity contribution in [3.8, 4) is 0 Å². The minimum absolute atomic E-state index is 0.160. The van der Waals surface area contributed by atoms with Crippen molar-refractivity contribution in [1.29, 1.82) is 0 Å². The minimum atomic E-state index is 0.160. The SMILES string of the molecule is CNC(=O)CC1CC2(CCN(Cc3ccc(C)s3)CC2)c2ccccc21. The smallest absolute Gasteiger partial charge is 0.220 e. The molecule has 138 valence electrons. The summed E-state index contributed by atoms with van der Waals surface area (Å²) >= 11 is 1.92. The van der Waals surface area contributed by atoms with Gasteiger partial charge in [-0.15, -0.1) is 11.3 Å². The number of nitrogens with zero attached hydrogens (tertiary/aromatic N) is 1. The van der Waals surface area contributed by atoms with Crippen molar-refractivity contribution in [3.63, 3.8) is 0 Å². The topological polar surface area (TPSA) is 32.3 Å². The number of carbonyl (C=O) groups excluding carboxylic acids is 1. The van der Waals surface area contributed by atoms with E-state index < -0.39 is 0 Å². The number of hydrogen-bond donors (Lipinski definition) is 1. The van der Waals surface area contributed by atoms with Gasteiger partial charge in [0.05, 0.1) is 0 Å². The molecule has 3 nitrogen and oxygen atoms in total. The van der Waals surface area contributed by atoms with Crippen molar-refractivity contribution >= 4 is 17.2 Å². The first-order valence-corrected chi connectivity index (χ1v) is 10.5. The van der Waals surface area contributed by atoms with Crippen molar-refractivity contribution < 1.29 is 4.79 Å². The maximum absolute atomic E-state index is 12.0. The van der Waals surface area contributed by atoms with E-state index in [1.165, 1.54) is 33.7 Å². The van der Waals surface area contributed by atoms with Crippen molar-refractivity contribution in [3.05, 3.63) is 57.3 Å². The highest BCUT2D eigenvalue weighted by Crippen LogP contribution is 2.52. The molecule has 1 N–H and O–H groups in total. The summed E-state index contributed by atoms with van der Waals surface area (Å²) in [6.07, 6.45) is 4.16. The summed E-state index contributed by atoms with van der Waals surface area (Å²) in [6.45, 7) is 5.56. The zero-order valence-corrected chi connectivity index (χ0v) is 16.6. The number of rotatable bonds is 4. The van der Waals surface area contributed by atoms with Gasteiger partial charge in [0.15, 0.2) is 0 Å². The van der Waals surface area contributed by atoms with Crippen molar-refractivity contribution in [2.45, 2.75) is 50.5 Å². The number of aryl methyl sites for hydroxylation is 1. The molecule has 1 unspecified atom stereocenters. The lowest BCUT2D eigenvalue weighted by Crippen LogP contribution is -2.41. The number of nitrogens with one attached hydrogen (secondary N) is 1. The van der Waals surface area contributed by atoms with Crippen LogP contribution in [-0.4, -0.2) is 30.9 Å². The van der Waals surface area contributed by atoms with Crippen molar-refractivity contribution in [2.24, 2.45) is 0 Å². The number of fused-ring (bicyclic) bond motifs is 2. The third kappa shape index (κ3) is 3.33. The normalized spacial score (nSPS) is 21.7. The predicted octanol–water partition coefficient (Wildman–Crippen LogP) is 4.21. The van der Waals surface area contributed by atoms with Gasteiger partial charge in [0.25, 0.3) is 0 Å². The molecule has 1 aliphatic carbocycles. The van der Waals surface area contributed by atoms with Crippen LogP contribution >= 0.6 is 11.3 Å². The number of benzene rings is 1. The van der Waals surface area contributed by atoms with E-state index in [0.29, 0.717) is 12.3 Å². The lowest BCUT2D eigenvalue weighted by atomic mass is 9.73. The summed E-state index contributed by atoms with van der Waals surface area (Å²) in [4.78, 5) is 17.5. The van der Waals surface area contributed by atoms with Gasteiger partial charge in [-0.25, -0.2) is 0 Å². The van der Waals surface area contributed by atoms with E-state index >= 15 is 0 Å². The molecule has 1 fully saturated rings. The molecule has 0 saturated carbocycles. The Bertz CT molecular complexity index is 789. The summed E-state index contributed by atoms with van der Waals surface area (Å²) in [5, 5.41) is 2.80. The van der Waals surface area contributed by atoms with Crippen LogP contribution in [0.1, 0.15) is 52.5 Å². The van der Waals surface area contributed by atoms with Crippen LogP contribution < -0.4 is 5.32 Å². The Morgan fingerprint density at radius 1 is 1.23 bits per heavy atom. The van der Waals surface area contributed by atoms with Crippen LogP contribution in [0.5, 0.6) is 0 Å². The Morgan fingerprint density at radius 2 is 2.00 bits per heavy atom. The summed E-state index contributed by atoms with van der Waals surface area (Å²) in [5.41, 5.74) is 3.20. The van der Waals surface area contributed by atoms with E-state index in [2.05, 4.69) is 53.5 Å². The summed E-state index contributed by atoms with van der Waals surface area (Å²) < 4.78 is 0. The molecular formula is C22H28N2OS. The Labute approximate surface area is 160 Å². The van der Waals surface area contributed by atoms with E-state index in [9.17, 15) is 4.79 Å². The number of amides is 1. The number of carbonyl (C=O) groups is 1. The molecule has 2 aliphatic rings. The maximum Gasteiger partial charge on any atom is 0.220 e. The third-order valence-electron chi connectivity index (χ3n) is 6.31. The van der Waals surface area contributed by atoms with Crippen molar-refractivity contribution in [1.82, 2.24) is 10.2 Å². The molecule has 1 aromatic carbocycles. The van der Waals surface area contributed by atoms with Gasteiger partial charge in [-0.1, -0.05) is 24.3 Å². The first kappa shape index (κ1) is 17.7. The summed E-state index contributed by atoms with van der Waals surface area (Å²) in [6, 6.07) is 13.4. The average Bonchev–Trinajstić information content (AvgIpc) is 3.19.